The smallest absolute Gasteiger partial charge is 0.00414 e. The van der Waals surface area contributed by atoms with E-state index < -0.39 is 0 Å². The van der Waals surface area contributed by atoms with Gasteiger partial charge in [0.2, 0.25) is 0 Å². The van der Waals surface area contributed by atoms with Gasteiger partial charge >= 0.3 is 0 Å². The van der Waals surface area contributed by atoms with E-state index in [1.54, 1.807) is 0 Å². The molecule has 0 aromatic rings. The van der Waals surface area contributed by atoms with Crippen molar-refractivity contribution in [2.75, 3.05) is 6.54 Å². The molecule has 0 aromatic heterocycles. The van der Waals surface area contributed by atoms with Crippen molar-refractivity contribution in [3.8, 4) is 0 Å². The molecular weight excluding hydrogens is 146 g/mol. The second kappa shape index (κ2) is 4.86. The van der Waals surface area contributed by atoms with Gasteiger partial charge in [0.25, 0.3) is 0 Å². The summed E-state index contributed by atoms with van der Waals surface area (Å²) in [4.78, 5) is 0. The van der Waals surface area contributed by atoms with Gasteiger partial charge in [-0.1, -0.05) is 33.1 Å². The third-order valence-electron chi connectivity index (χ3n) is 2.90. The van der Waals surface area contributed by atoms with Crippen molar-refractivity contribution in [1.29, 1.82) is 0 Å². The normalized spacial score (nSPS) is 22.2. The Balaban J connectivity index is 1.96. The van der Waals surface area contributed by atoms with Crippen LogP contribution in [0.5, 0.6) is 0 Å². The first-order chi connectivity index (χ1) is 5.72. The minimum Gasteiger partial charge on any atom is -0.314 e. The van der Waals surface area contributed by atoms with E-state index in [9.17, 15) is 0 Å². The van der Waals surface area contributed by atoms with Gasteiger partial charge in [-0.25, -0.2) is 0 Å². The molecule has 0 saturated heterocycles. The fourth-order valence-electron chi connectivity index (χ4n) is 1.48. The van der Waals surface area contributed by atoms with Gasteiger partial charge in [0.1, 0.15) is 0 Å². The summed E-state index contributed by atoms with van der Waals surface area (Å²) in [7, 11) is 0. The maximum atomic E-state index is 3.60. The summed E-state index contributed by atoms with van der Waals surface area (Å²) in [6.45, 7) is 8.10. The molecule has 1 saturated carbocycles. The second-order valence-corrected chi connectivity index (χ2v) is 4.50. The molecule has 0 bridgehead atoms. The van der Waals surface area contributed by atoms with Crippen LogP contribution < -0.4 is 5.32 Å². The van der Waals surface area contributed by atoms with Gasteiger partial charge in [-0.05, 0) is 31.7 Å². The van der Waals surface area contributed by atoms with Crippen molar-refractivity contribution in [2.45, 2.75) is 52.5 Å². The molecule has 2 unspecified atom stereocenters. The number of rotatable bonds is 6. The van der Waals surface area contributed by atoms with Crippen LogP contribution in [0.25, 0.3) is 0 Å². The van der Waals surface area contributed by atoms with E-state index in [-0.39, 0.29) is 0 Å². The van der Waals surface area contributed by atoms with Gasteiger partial charge in [0.05, 0.1) is 0 Å². The summed E-state index contributed by atoms with van der Waals surface area (Å²) < 4.78 is 0. The molecule has 1 aliphatic rings. The third-order valence-corrected chi connectivity index (χ3v) is 2.90. The SMILES string of the molecule is CCC(C)CNC(C)CC1CC1. The van der Waals surface area contributed by atoms with Crippen LogP contribution >= 0.6 is 0 Å². The summed E-state index contributed by atoms with van der Waals surface area (Å²) in [5, 5.41) is 3.60. The van der Waals surface area contributed by atoms with Crippen molar-refractivity contribution in [1.82, 2.24) is 5.32 Å². The van der Waals surface area contributed by atoms with E-state index in [0.29, 0.717) is 0 Å². The summed E-state index contributed by atoms with van der Waals surface area (Å²) in [6.07, 6.45) is 5.66. The van der Waals surface area contributed by atoms with E-state index in [2.05, 4.69) is 26.1 Å². The molecule has 1 rings (SSSR count). The van der Waals surface area contributed by atoms with Gasteiger partial charge < -0.3 is 5.32 Å². The van der Waals surface area contributed by atoms with E-state index in [1.165, 1.54) is 32.2 Å². The van der Waals surface area contributed by atoms with E-state index >= 15 is 0 Å². The Morgan fingerprint density at radius 3 is 2.50 bits per heavy atom. The second-order valence-electron chi connectivity index (χ2n) is 4.50. The molecule has 2 atom stereocenters. The van der Waals surface area contributed by atoms with Crippen LogP contribution in [0, 0.1) is 11.8 Å². The minimum atomic E-state index is 0.742. The first-order valence-electron chi connectivity index (χ1n) is 5.45. The van der Waals surface area contributed by atoms with Gasteiger partial charge in [-0.3, -0.25) is 0 Å². The zero-order valence-electron chi connectivity index (χ0n) is 8.77. The average Bonchev–Trinajstić information content (AvgIpc) is 2.84. The summed E-state index contributed by atoms with van der Waals surface area (Å²) in [5.41, 5.74) is 0. The molecule has 0 radical (unpaired) electrons. The molecule has 0 heterocycles. The Hall–Kier alpha value is -0.0400. The van der Waals surface area contributed by atoms with Crippen LogP contribution in [0.2, 0.25) is 0 Å². The largest absolute Gasteiger partial charge is 0.314 e. The predicted octanol–water partition coefficient (Wildman–Crippen LogP) is 2.81. The number of hydrogen-bond acceptors (Lipinski definition) is 1. The highest BCUT2D eigenvalue weighted by Gasteiger charge is 2.23. The maximum Gasteiger partial charge on any atom is 0.00414 e. The molecule has 0 amide bonds. The van der Waals surface area contributed by atoms with Crippen molar-refractivity contribution in [3.05, 3.63) is 0 Å². The molecule has 1 nitrogen and oxygen atoms in total. The van der Waals surface area contributed by atoms with Crippen LogP contribution in [0.4, 0.5) is 0 Å². The fourth-order valence-corrected chi connectivity index (χ4v) is 1.48. The molecule has 0 aromatic carbocycles. The van der Waals surface area contributed by atoms with Crippen molar-refractivity contribution < 1.29 is 0 Å². The Kier molecular flexibility index (Phi) is 4.07. The quantitative estimate of drug-likeness (QED) is 0.644. The summed E-state index contributed by atoms with van der Waals surface area (Å²) in [6, 6.07) is 0.742. The maximum absolute atomic E-state index is 3.60. The molecular formula is C11H23N. The van der Waals surface area contributed by atoms with Crippen LogP contribution in [0.15, 0.2) is 0 Å². The highest BCUT2D eigenvalue weighted by Crippen LogP contribution is 2.33. The molecule has 72 valence electrons. The van der Waals surface area contributed by atoms with Crippen LogP contribution in [-0.4, -0.2) is 12.6 Å². The molecule has 0 spiro atoms. The Labute approximate surface area is 76.9 Å². The highest BCUT2D eigenvalue weighted by molar-refractivity contribution is 4.78. The first kappa shape index (κ1) is 10.0. The van der Waals surface area contributed by atoms with E-state index in [0.717, 1.165) is 17.9 Å². The van der Waals surface area contributed by atoms with Gasteiger partial charge in [-0.2, -0.15) is 0 Å². The van der Waals surface area contributed by atoms with E-state index in [4.69, 9.17) is 0 Å². The summed E-state index contributed by atoms with van der Waals surface area (Å²) in [5.74, 6) is 1.90. The highest BCUT2D eigenvalue weighted by atomic mass is 14.9. The number of hydrogen-bond donors (Lipinski definition) is 1. The van der Waals surface area contributed by atoms with Crippen molar-refractivity contribution in [2.24, 2.45) is 11.8 Å². The van der Waals surface area contributed by atoms with Gasteiger partial charge in [-0.15, -0.1) is 0 Å². The minimum absolute atomic E-state index is 0.742. The Morgan fingerprint density at radius 1 is 1.33 bits per heavy atom. The lowest BCUT2D eigenvalue weighted by atomic mass is 10.1. The third kappa shape index (κ3) is 4.10. The molecule has 1 fully saturated rings. The zero-order chi connectivity index (χ0) is 8.97. The predicted molar refractivity (Wildman–Crippen MR) is 54.3 cm³/mol. The first-order valence-corrected chi connectivity index (χ1v) is 5.45. The molecule has 12 heavy (non-hydrogen) atoms. The van der Waals surface area contributed by atoms with Crippen LogP contribution in [-0.2, 0) is 0 Å². The molecule has 0 aliphatic heterocycles. The molecule has 1 N–H and O–H groups in total. The number of nitrogens with one attached hydrogen (secondary N) is 1. The monoisotopic (exact) mass is 169 g/mol. The van der Waals surface area contributed by atoms with Crippen molar-refractivity contribution in [3.63, 3.8) is 0 Å². The topological polar surface area (TPSA) is 12.0 Å². The molecule has 1 heteroatoms. The van der Waals surface area contributed by atoms with Gasteiger partial charge in [0.15, 0.2) is 0 Å². The Bertz CT molecular complexity index is 118. The lowest BCUT2D eigenvalue weighted by Gasteiger charge is -2.16. The summed E-state index contributed by atoms with van der Waals surface area (Å²) >= 11 is 0. The zero-order valence-corrected chi connectivity index (χ0v) is 8.77. The van der Waals surface area contributed by atoms with Crippen LogP contribution in [0.3, 0.4) is 0 Å². The Morgan fingerprint density at radius 2 is 2.00 bits per heavy atom. The lowest BCUT2D eigenvalue weighted by Crippen LogP contribution is -2.30. The van der Waals surface area contributed by atoms with Crippen LogP contribution in [0.1, 0.15) is 46.5 Å². The van der Waals surface area contributed by atoms with Crippen molar-refractivity contribution >= 4 is 0 Å². The lowest BCUT2D eigenvalue weighted by molar-refractivity contribution is 0.426. The average molecular weight is 169 g/mol. The van der Waals surface area contributed by atoms with E-state index in [1.807, 2.05) is 0 Å². The molecule has 1 aliphatic carbocycles. The fraction of sp³-hybridized carbons (Fsp3) is 1.00. The standard InChI is InChI=1S/C11H23N/c1-4-9(2)8-12-10(3)7-11-5-6-11/h9-12H,4-8H2,1-3H3. The van der Waals surface area contributed by atoms with Gasteiger partial charge in [0, 0.05) is 6.04 Å².